The zero-order valence-corrected chi connectivity index (χ0v) is 11.2. The molecular weight excluding hydrogens is 274 g/mol. The van der Waals surface area contributed by atoms with Crippen LogP contribution in [-0.2, 0) is 4.79 Å². The maximum atomic E-state index is 12.7. The summed E-state index contributed by atoms with van der Waals surface area (Å²) in [6.07, 6.45) is 2.52. The minimum atomic E-state index is -2.62. The normalized spacial score (nSPS) is 17.0. The standard InChI is InChI=1S/C12H16F2N2O2S/c13-12(14)9-6-10(19-7-11(17)18)16(15-9)8-4-2-1-3-5-8/h6,8,12H,1-5,7H2,(H,17,18). The van der Waals surface area contributed by atoms with Crippen LogP contribution < -0.4 is 0 Å². The number of hydrogen-bond donors (Lipinski definition) is 1. The first-order chi connectivity index (χ1) is 9.08. The average molecular weight is 290 g/mol. The first kappa shape index (κ1) is 14.3. The van der Waals surface area contributed by atoms with Gasteiger partial charge in [-0.15, -0.1) is 0 Å². The van der Waals surface area contributed by atoms with Gasteiger partial charge in [0.1, 0.15) is 5.69 Å². The van der Waals surface area contributed by atoms with E-state index in [1.165, 1.54) is 6.07 Å². The van der Waals surface area contributed by atoms with Crippen LogP contribution in [-0.4, -0.2) is 26.6 Å². The lowest BCUT2D eigenvalue weighted by Gasteiger charge is -2.23. The Morgan fingerprint density at radius 1 is 1.47 bits per heavy atom. The second-order valence-corrected chi connectivity index (χ2v) is 5.62. The summed E-state index contributed by atoms with van der Waals surface area (Å²) >= 11 is 1.05. The Morgan fingerprint density at radius 3 is 2.74 bits per heavy atom. The molecule has 1 saturated carbocycles. The van der Waals surface area contributed by atoms with Gasteiger partial charge in [0.2, 0.25) is 0 Å². The highest BCUT2D eigenvalue weighted by molar-refractivity contribution is 7.99. The van der Waals surface area contributed by atoms with Crippen LogP contribution >= 0.6 is 11.8 Å². The topological polar surface area (TPSA) is 55.1 Å². The summed E-state index contributed by atoms with van der Waals surface area (Å²) in [5.74, 6) is -1.10. The van der Waals surface area contributed by atoms with Gasteiger partial charge in [0.25, 0.3) is 6.43 Å². The van der Waals surface area contributed by atoms with Gasteiger partial charge in [0.05, 0.1) is 16.8 Å². The molecule has 4 nitrogen and oxygen atoms in total. The van der Waals surface area contributed by atoms with E-state index in [2.05, 4.69) is 5.10 Å². The Balaban J connectivity index is 2.19. The number of aliphatic carboxylic acids is 1. The molecule has 0 spiro atoms. The van der Waals surface area contributed by atoms with Crippen LogP contribution in [0.3, 0.4) is 0 Å². The van der Waals surface area contributed by atoms with Crippen LogP contribution in [0.25, 0.3) is 0 Å². The smallest absolute Gasteiger partial charge is 0.313 e. The van der Waals surface area contributed by atoms with Crippen molar-refractivity contribution in [1.29, 1.82) is 0 Å². The fourth-order valence-electron chi connectivity index (χ4n) is 2.33. The van der Waals surface area contributed by atoms with Gasteiger partial charge < -0.3 is 5.11 Å². The molecule has 0 aliphatic heterocycles. The molecule has 1 aromatic heterocycles. The molecule has 1 heterocycles. The van der Waals surface area contributed by atoms with E-state index in [0.717, 1.165) is 43.9 Å². The Bertz CT molecular complexity index is 445. The van der Waals surface area contributed by atoms with Crippen LogP contribution in [0.15, 0.2) is 11.1 Å². The third-order valence-corrected chi connectivity index (χ3v) is 4.20. The molecule has 0 aromatic carbocycles. The average Bonchev–Trinajstić information content (AvgIpc) is 2.81. The second kappa shape index (κ2) is 6.36. The van der Waals surface area contributed by atoms with Gasteiger partial charge in [0.15, 0.2) is 0 Å². The molecule has 1 aromatic rings. The zero-order valence-electron chi connectivity index (χ0n) is 10.4. The van der Waals surface area contributed by atoms with Crippen molar-refractivity contribution in [3.63, 3.8) is 0 Å². The highest BCUT2D eigenvalue weighted by Gasteiger charge is 2.23. The number of carboxylic acids is 1. The SMILES string of the molecule is O=C(O)CSc1cc(C(F)F)nn1C1CCCCC1. The van der Waals surface area contributed by atoms with Gasteiger partial charge in [-0.2, -0.15) is 5.10 Å². The molecule has 2 rings (SSSR count). The molecule has 106 valence electrons. The number of nitrogens with zero attached hydrogens (tertiary/aromatic N) is 2. The van der Waals surface area contributed by atoms with E-state index in [1.54, 1.807) is 4.68 Å². The van der Waals surface area contributed by atoms with E-state index >= 15 is 0 Å². The highest BCUT2D eigenvalue weighted by Crippen LogP contribution is 2.33. The lowest BCUT2D eigenvalue weighted by Crippen LogP contribution is -2.15. The molecule has 0 radical (unpaired) electrons. The van der Waals surface area contributed by atoms with Gasteiger partial charge in [-0.1, -0.05) is 31.0 Å². The van der Waals surface area contributed by atoms with Crippen molar-refractivity contribution in [2.24, 2.45) is 0 Å². The van der Waals surface area contributed by atoms with Crippen molar-refractivity contribution in [2.75, 3.05) is 5.75 Å². The molecule has 0 atom stereocenters. The minimum Gasteiger partial charge on any atom is -0.481 e. The summed E-state index contributed by atoms with van der Waals surface area (Å²) in [6.45, 7) is 0. The van der Waals surface area contributed by atoms with Crippen LogP contribution in [0.4, 0.5) is 8.78 Å². The third kappa shape index (κ3) is 3.68. The van der Waals surface area contributed by atoms with Crippen molar-refractivity contribution in [3.8, 4) is 0 Å². The van der Waals surface area contributed by atoms with Gasteiger partial charge in [-0.05, 0) is 18.9 Å². The third-order valence-electron chi connectivity index (χ3n) is 3.21. The minimum absolute atomic E-state index is 0.123. The summed E-state index contributed by atoms with van der Waals surface area (Å²) in [5.41, 5.74) is -0.265. The van der Waals surface area contributed by atoms with E-state index in [4.69, 9.17) is 5.11 Å². The molecule has 0 amide bonds. The number of halogens is 2. The maximum Gasteiger partial charge on any atom is 0.313 e. The summed E-state index contributed by atoms with van der Waals surface area (Å²) in [5, 5.41) is 13.2. The Kier molecular flexibility index (Phi) is 4.79. The molecular formula is C12H16F2N2O2S. The molecule has 19 heavy (non-hydrogen) atoms. The van der Waals surface area contributed by atoms with Gasteiger partial charge in [0, 0.05) is 0 Å². The van der Waals surface area contributed by atoms with E-state index < -0.39 is 12.4 Å². The van der Waals surface area contributed by atoms with Crippen LogP contribution in [0, 0.1) is 0 Å². The monoisotopic (exact) mass is 290 g/mol. The first-order valence-corrected chi connectivity index (χ1v) is 7.28. The van der Waals surface area contributed by atoms with Crippen LogP contribution in [0.2, 0.25) is 0 Å². The highest BCUT2D eigenvalue weighted by atomic mass is 32.2. The predicted molar refractivity (Wildman–Crippen MR) is 67.7 cm³/mol. The Hall–Kier alpha value is -1.11. The molecule has 1 N–H and O–H groups in total. The van der Waals surface area contributed by atoms with Gasteiger partial charge in [-0.25, -0.2) is 8.78 Å². The number of thioether (sulfide) groups is 1. The number of alkyl halides is 2. The van der Waals surface area contributed by atoms with Gasteiger partial charge >= 0.3 is 5.97 Å². The van der Waals surface area contributed by atoms with Crippen molar-refractivity contribution in [3.05, 3.63) is 11.8 Å². The van der Waals surface area contributed by atoms with Crippen LogP contribution in [0.5, 0.6) is 0 Å². The van der Waals surface area contributed by atoms with Crippen LogP contribution in [0.1, 0.15) is 50.3 Å². The lowest BCUT2D eigenvalue weighted by molar-refractivity contribution is -0.133. The number of carbonyl (C=O) groups is 1. The molecule has 0 bridgehead atoms. The molecule has 7 heteroatoms. The Morgan fingerprint density at radius 2 is 2.16 bits per heavy atom. The van der Waals surface area contributed by atoms with E-state index in [1.807, 2.05) is 0 Å². The number of aromatic nitrogens is 2. The molecule has 0 saturated heterocycles. The van der Waals surface area contributed by atoms with E-state index in [9.17, 15) is 13.6 Å². The fourth-order valence-corrected chi connectivity index (χ4v) is 3.13. The van der Waals surface area contributed by atoms with Crippen molar-refractivity contribution in [1.82, 2.24) is 9.78 Å². The second-order valence-electron chi connectivity index (χ2n) is 4.63. The lowest BCUT2D eigenvalue weighted by atomic mass is 9.96. The fraction of sp³-hybridized carbons (Fsp3) is 0.667. The van der Waals surface area contributed by atoms with Crippen molar-refractivity contribution in [2.45, 2.75) is 49.6 Å². The van der Waals surface area contributed by atoms with Crippen molar-refractivity contribution < 1.29 is 18.7 Å². The largest absolute Gasteiger partial charge is 0.481 e. The van der Waals surface area contributed by atoms with E-state index in [-0.39, 0.29) is 17.5 Å². The summed E-state index contributed by atoms with van der Waals surface area (Å²) in [6, 6.07) is 1.44. The summed E-state index contributed by atoms with van der Waals surface area (Å²) in [7, 11) is 0. The zero-order chi connectivity index (χ0) is 13.8. The molecule has 1 aliphatic rings. The predicted octanol–water partition coefficient (Wildman–Crippen LogP) is 3.50. The first-order valence-electron chi connectivity index (χ1n) is 6.30. The quantitative estimate of drug-likeness (QED) is 0.843. The van der Waals surface area contributed by atoms with Crippen molar-refractivity contribution >= 4 is 17.7 Å². The number of hydrogen-bond acceptors (Lipinski definition) is 3. The Labute approximate surface area is 114 Å². The summed E-state index contributed by atoms with van der Waals surface area (Å²) in [4.78, 5) is 10.6. The molecule has 1 fully saturated rings. The van der Waals surface area contributed by atoms with E-state index in [0.29, 0.717) is 5.03 Å². The maximum absolute atomic E-state index is 12.7. The number of rotatable bonds is 5. The molecule has 1 aliphatic carbocycles. The molecule has 0 unspecified atom stereocenters. The summed E-state index contributed by atoms with van der Waals surface area (Å²) < 4.78 is 27.1. The van der Waals surface area contributed by atoms with Gasteiger partial charge in [-0.3, -0.25) is 9.48 Å². The number of carboxylic acid groups (broad SMARTS) is 1.